The van der Waals surface area contributed by atoms with E-state index >= 15 is 0 Å². The molecule has 1 unspecified atom stereocenters. The lowest BCUT2D eigenvalue weighted by Crippen LogP contribution is -2.37. The topological polar surface area (TPSA) is 26.3 Å². The van der Waals surface area contributed by atoms with Gasteiger partial charge in [-0.15, -0.1) is 0 Å². The number of carbonyl (C=O) groups excluding carboxylic acids is 1. The Morgan fingerprint density at radius 2 is 1.67 bits per heavy atom. The van der Waals surface area contributed by atoms with Crippen LogP contribution in [0, 0.1) is 0 Å². The number of benzene rings is 1. The van der Waals surface area contributed by atoms with Crippen molar-refractivity contribution in [2.24, 2.45) is 0 Å². The van der Waals surface area contributed by atoms with Gasteiger partial charge in [0.15, 0.2) is 8.32 Å². The molecule has 0 N–H and O–H groups in total. The van der Waals surface area contributed by atoms with Crippen LogP contribution in [0.15, 0.2) is 30.3 Å². The summed E-state index contributed by atoms with van der Waals surface area (Å²) in [4.78, 5) is 10.9. The van der Waals surface area contributed by atoms with Crippen LogP contribution in [0.1, 0.15) is 38.9 Å². The van der Waals surface area contributed by atoms with E-state index in [1.54, 1.807) is 0 Å². The molecule has 0 aliphatic heterocycles. The van der Waals surface area contributed by atoms with Crippen molar-refractivity contribution in [2.75, 3.05) is 0 Å². The van der Waals surface area contributed by atoms with Gasteiger partial charge in [0, 0.05) is 6.42 Å². The van der Waals surface area contributed by atoms with Crippen molar-refractivity contribution in [3.8, 4) is 0 Å². The first kappa shape index (κ1) is 15.1. The van der Waals surface area contributed by atoms with Gasteiger partial charge in [-0.2, -0.15) is 0 Å². The molecule has 1 aromatic rings. The predicted octanol–water partition coefficient (Wildman–Crippen LogP) is 4.34. The lowest BCUT2D eigenvalue weighted by atomic mass is 10.1. The molecule has 0 amide bonds. The van der Waals surface area contributed by atoms with E-state index in [2.05, 4.69) is 20.8 Å². The van der Waals surface area contributed by atoms with Crippen LogP contribution >= 0.6 is 0 Å². The summed E-state index contributed by atoms with van der Waals surface area (Å²) < 4.78 is 6.42. The average Bonchev–Trinajstić information content (AvgIpc) is 2.45. The minimum Gasteiger partial charge on any atom is -0.410 e. The number of hydrogen-bond acceptors (Lipinski definition) is 2. The first-order chi connectivity index (χ1) is 8.71. The molecule has 0 saturated heterocycles. The van der Waals surface area contributed by atoms with Crippen LogP contribution in [0.25, 0.3) is 0 Å². The monoisotopic (exact) mass is 264 g/mol. The summed E-state index contributed by atoms with van der Waals surface area (Å²) in [6.07, 6.45) is 1.37. The molecule has 0 fully saturated rings. The van der Waals surface area contributed by atoms with Crippen LogP contribution in [-0.2, 0) is 9.22 Å². The minimum absolute atomic E-state index is 0.0600. The van der Waals surface area contributed by atoms with Gasteiger partial charge >= 0.3 is 0 Å². The normalized spacial score (nSPS) is 13.3. The Morgan fingerprint density at radius 3 is 2.11 bits per heavy atom. The zero-order chi connectivity index (χ0) is 13.4. The Balaban J connectivity index is 2.89. The fourth-order valence-electron chi connectivity index (χ4n) is 2.31. The number of rotatable bonds is 8. The van der Waals surface area contributed by atoms with E-state index in [-0.39, 0.29) is 6.10 Å². The third kappa shape index (κ3) is 3.78. The van der Waals surface area contributed by atoms with Gasteiger partial charge in [0.25, 0.3) is 0 Å². The molecule has 1 atom stereocenters. The maximum Gasteiger partial charge on any atom is 0.192 e. The molecule has 0 bridgehead atoms. The van der Waals surface area contributed by atoms with Crippen LogP contribution in [-0.4, -0.2) is 14.6 Å². The smallest absolute Gasteiger partial charge is 0.192 e. The summed E-state index contributed by atoms with van der Waals surface area (Å²) in [6.45, 7) is 6.63. The van der Waals surface area contributed by atoms with Crippen LogP contribution in [0.4, 0.5) is 0 Å². The molecule has 0 saturated carbocycles. The summed E-state index contributed by atoms with van der Waals surface area (Å²) in [5.41, 5.74) is 1.12. The van der Waals surface area contributed by atoms with Gasteiger partial charge in [-0.25, -0.2) is 0 Å². The van der Waals surface area contributed by atoms with Gasteiger partial charge < -0.3 is 9.22 Å². The molecule has 2 nitrogen and oxygen atoms in total. The van der Waals surface area contributed by atoms with Crippen LogP contribution in [0.5, 0.6) is 0 Å². The molecule has 0 aromatic heterocycles. The van der Waals surface area contributed by atoms with Gasteiger partial charge in [0.2, 0.25) is 0 Å². The minimum atomic E-state index is -1.66. The number of hydrogen-bond donors (Lipinski definition) is 0. The molecule has 0 spiro atoms. The second-order valence-corrected chi connectivity index (χ2v) is 9.39. The van der Waals surface area contributed by atoms with Gasteiger partial charge in [0.1, 0.15) is 6.29 Å². The van der Waals surface area contributed by atoms with Crippen molar-refractivity contribution in [1.82, 2.24) is 0 Å². The molecule has 0 aliphatic carbocycles. The standard InChI is InChI=1S/C15H24O2Si/c1-4-18(5-2,6-3)17-15(12-13-16)14-10-8-7-9-11-14/h7-11,13,15H,4-6,12H2,1-3H3. The van der Waals surface area contributed by atoms with Crippen molar-refractivity contribution in [1.29, 1.82) is 0 Å². The zero-order valence-electron chi connectivity index (χ0n) is 11.7. The van der Waals surface area contributed by atoms with Crippen molar-refractivity contribution < 1.29 is 9.22 Å². The largest absolute Gasteiger partial charge is 0.410 e. The van der Waals surface area contributed by atoms with E-state index in [1.807, 2.05) is 30.3 Å². The fourth-order valence-corrected chi connectivity index (χ4v) is 5.14. The fraction of sp³-hybridized carbons (Fsp3) is 0.533. The highest BCUT2D eigenvalue weighted by Gasteiger charge is 2.32. The lowest BCUT2D eigenvalue weighted by molar-refractivity contribution is -0.109. The van der Waals surface area contributed by atoms with E-state index in [0.717, 1.165) is 30.0 Å². The van der Waals surface area contributed by atoms with E-state index < -0.39 is 8.32 Å². The van der Waals surface area contributed by atoms with E-state index in [9.17, 15) is 4.79 Å². The molecule has 0 heterocycles. The first-order valence-electron chi connectivity index (χ1n) is 6.87. The zero-order valence-corrected chi connectivity index (χ0v) is 12.7. The summed E-state index contributed by atoms with van der Waals surface area (Å²) in [6, 6.07) is 13.4. The van der Waals surface area contributed by atoms with Crippen molar-refractivity contribution in [3.63, 3.8) is 0 Å². The van der Waals surface area contributed by atoms with Crippen molar-refractivity contribution in [2.45, 2.75) is 51.4 Å². The Hall–Kier alpha value is -0.933. The highest BCUT2D eigenvalue weighted by atomic mass is 28.4. The number of carbonyl (C=O) groups is 1. The maximum absolute atomic E-state index is 10.9. The predicted molar refractivity (Wildman–Crippen MR) is 78.1 cm³/mol. The Kier molecular flexibility index (Phi) is 6.29. The summed E-state index contributed by atoms with van der Waals surface area (Å²) in [5.74, 6) is 0. The molecule has 3 heteroatoms. The van der Waals surface area contributed by atoms with Crippen LogP contribution in [0.3, 0.4) is 0 Å². The summed E-state index contributed by atoms with van der Waals surface area (Å²) >= 11 is 0. The highest BCUT2D eigenvalue weighted by Crippen LogP contribution is 2.31. The molecular formula is C15H24O2Si. The van der Waals surface area contributed by atoms with Crippen molar-refractivity contribution >= 4 is 14.6 Å². The summed E-state index contributed by atoms with van der Waals surface area (Å²) in [7, 11) is -1.66. The van der Waals surface area contributed by atoms with E-state index in [1.165, 1.54) is 0 Å². The third-order valence-electron chi connectivity index (χ3n) is 3.81. The molecule has 18 heavy (non-hydrogen) atoms. The summed E-state index contributed by atoms with van der Waals surface area (Å²) in [5, 5.41) is 0. The SMILES string of the molecule is CC[Si](CC)(CC)OC(CC=O)c1ccccc1. The molecular weight excluding hydrogens is 240 g/mol. The van der Waals surface area contributed by atoms with Gasteiger partial charge in [-0.05, 0) is 23.7 Å². The van der Waals surface area contributed by atoms with Gasteiger partial charge in [-0.1, -0.05) is 51.1 Å². The van der Waals surface area contributed by atoms with E-state index in [0.29, 0.717) is 6.42 Å². The van der Waals surface area contributed by atoms with Crippen LogP contribution < -0.4 is 0 Å². The maximum atomic E-state index is 10.9. The average molecular weight is 264 g/mol. The molecule has 1 aromatic carbocycles. The molecule has 1 rings (SSSR count). The van der Waals surface area contributed by atoms with Gasteiger partial charge in [-0.3, -0.25) is 0 Å². The second-order valence-electron chi connectivity index (χ2n) is 4.66. The van der Waals surface area contributed by atoms with Crippen LogP contribution in [0.2, 0.25) is 18.1 Å². The Bertz CT molecular complexity index is 339. The Morgan fingerprint density at radius 1 is 1.11 bits per heavy atom. The quantitative estimate of drug-likeness (QED) is 0.516. The van der Waals surface area contributed by atoms with Crippen molar-refractivity contribution in [3.05, 3.63) is 35.9 Å². The highest BCUT2D eigenvalue weighted by molar-refractivity contribution is 6.73. The van der Waals surface area contributed by atoms with E-state index in [4.69, 9.17) is 4.43 Å². The third-order valence-corrected chi connectivity index (χ3v) is 8.46. The van der Waals surface area contributed by atoms with Gasteiger partial charge in [0.05, 0.1) is 6.10 Å². The number of aldehydes is 1. The molecule has 0 aliphatic rings. The Labute approximate surface area is 111 Å². The molecule has 100 valence electrons. The lowest BCUT2D eigenvalue weighted by Gasteiger charge is -2.32. The molecule has 0 radical (unpaired) electrons. The second kappa shape index (κ2) is 7.49. The first-order valence-corrected chi connectivity index (χ1v) is 9.40.